The van der Waals surface area contributed by atoms with Gasteiger partial charge in [0.15, 0.2) is 0 Å². The summed E-state index contributed by atoms with van der Waals surface area (Å²) < 4.78 is 32.4. The normalized spacial score (nSPS) is 21.6. The van der Waals surface area contributed by atoms with Crippen LogP contribution in [0.5, 0.6) is 0 Å². The Morgan fingerprint density at radius 3 is 2.70 bits per heavy atom. The summed E-state index contributed by atoms with van der Waals surface area (Å²) in [7, 11) is -3.52. The molecule has 2 aliphatic carbocycles. The molecule has 0 amide bonds. The molecule has 6 heteroatoms. The molecule has 1 aromatic heterocycles. The maximum atomic E-state index is 12.2. The average Bonchev–Trinajstić information content (AvgIpc) is 3.08. The minimum Gasteiger partial charge on any atom is -0.447 e. The highest BCUT2D eigenvalue weighted by Gasteiger charge is 2.33. The van der Waals surface area contributed by atoms with Gasteiger partial charge in [0.2, 0.25) is 5.09 Å². The zero-order chi connectivity index (χ0) is 14.2. The van der Waals surface area contributed by atoms with Crippen molar-refractivity contribution in [3.05, 3.63) is 17.9 Å². The minimum atomic E-state index is -3.52. The highest BCUT2D eigenvalue weighted by Crippen LogP contribution is 2.39. The Kier molecular flexibility index (Phi) is 3.64. The molecule has 2 saturated carbocycles. The van der Waals surface area contributed by atoms with Crippen molar-refractivity contribution in [3.63, 3.8) is 0 Å². The topological polar surface area (TPSA) is 71.3 Å². The molecule has 0 aromatic carbocycles. The van der Waals surface area contributed by atoms with Crippen molar-refractivity contribution in [2.45, 2.75) is 56.7 Å². The number of nitrogens with one attached hydrogen (secondary N) is 2. The maximum Gasteiger partial charge on any atom is 0.273 e. The molecule has 0 atom stereocenters. The summed E-state index contributed by atoms with van der Waals surface area (Å²) in [6.07, 6.45) is 5.77. The largest absolute Gasteiger partial charge is 0.447 e. The maximum absolute atomic E-state index is 12.2. The van der Waals surface area contributed by atoms with Crippen molar-refractivity contribution in [1.82, 2.24) is 10.0 Å². The van der Waals surface area contributed by atoms with Gasteiger partial charge in [-0.15, -0.1) is 0 Å². The molecule has 0 aliphatic heterocycles. The lowest BCUT2D eigenvalue weighted by atomic mass is 9.71. The Balaban J connectivity index is 1.58. The quantitative estimate of drug-likeness (QED) is 0.807. The standard InChI is InChI=1S/C14H22N2O3S/c1-14(7-2-8-14)10-16-20(17,18)13-6-5-12(19-13)9-15-11-3-4-11/h5-6,11,15-16H,2-4,7-10H2,1H3. The summed E-state index contributed by atoms with van der Waals surface area (Å²) in [6, 6.07) is 3.85. The lowest BCUT2D eigenvalue weighted by molar-refractivity contribution is 0.166. The summed E-state index contributed by atoms with van der Waals surface area (Å²) in [5, 5.41) is 3.32. The average molecular weight is 298 g/mol. The lowest BCUT2D eigenvalue weighted by Gasteiger charge is -2.38. The first kappa shape index (κ1) is 14.1. The first-order valence-corrected chi connectivity index (χ1v) is 8.77. The van der Waals surface area contributed by atoms with Gasteiger partial charge in [-0.2, -0.15) is 0 Å². The molecule has 2 N–H and O–H groups in total. The molecule has 2 aliphatic rings. The van der Waals surface area contributed by atoms with Gasteiger partial charge in [-0.1, -0.05) is 13.3 Å². The second-order valence-electron chi connectivity index (χ2n) is 6.36. The van der Waals surface area contributed by atoms with Gasteiger partial charge < -0.3 is 9.73 Å². The van der Waals surface area contributed by atoms with Gasteiger partial charge in [0, 0.05) is 12.6 Å². The van der Waals surface area contributed by atoms with Crippen LogP contribution in [-0.2, 0) is 16.6 Å². The third-order valence-electron chi connectivity index (χ3n) is 4.29. The van der Waals surface area contributed by atoms with E-state index in [0.717, 1.165) is 12.8 Å². The van der Waals surface area contributed by atoms with Crippen LogP contribution in [0.4, 0.5) is 0 Å². The van der Waals surface area contributed by atoms with Gasteiger partial charge in [-0.25, -0.2) is 13.1 Å². The molecular formula is C14H22N2O3S. The molecule has 1 aromatic rings. The van der Waals surface area contributed by atoms with E-state index >= 15 is 0 Å². The molecule has 3 rings (SSSR count). The Hall–Kier alpha value is -0.850. The molecule has 0 spiro atoms. The first-order chi connectivity index (χ1) is 9.47. The van der Waals surface area contributed by atoms with Crippen molar-refractivity contribution in [3.8, 4) is 0 Å². The van der Waals surface area contributed by atoms with Gasteiger partial charge in [-0.05, 0) is 43.2 Å². The molecular weight excluding hydrogens is 276 g/mol. The Bertz CT molecular complexity index is 571. The van der Waals surface area contributed by atoms with E-state index in [1.54, 1.807) is 6.07 Å². The van der Waals surface area contributed by atoms with E-state index < -0.39 is 10.0 Å². The predicted octanol–water partition coefficient (Wildman–Crippen LogP) is 2.00. The fourth-order valence-corrected chi connectivity index (χ4v) is 3.57. The van der Waals surface area contributed by atoms with Gasteiger partial charge in [-0.3, -0.25) is 0 Å². The van der Waals surface area contributed by atoms with Crippen molar-refractivity contribution in [2.24, 2.45) is 5.41 Å². The number of sulfonamides is 1. The van der Waals surface area contributed by atoms with Crippen LogP contribution in [-0.4, -0.2) is 21.0 Å². The van der Waals surface area contributed by atoms with E-state index in [4.69, 9.17) is 4.42 Å². The van der Waals surface area contributed by atoms with Crippen LogP contribution in [0.1, 0.15) is 44.8 Å². The van der Waals surface area contributed by atoms with E-state index in [1.165, 1.54) is 25.3 Å². The van der Waals surface area contributed by atoms with Crippen LogP contribution in [0, 0.1) is 5.41 Å². The second-order valence-corrected chi connectivity index (χ2v) is 8.06. The number of rotatable bonds is 7. The van der Waals surface area contributed by atoms with Gasteiger partial charge in [0.05, 0.1) is 6.54 Å². The smallest absolute Gasteiger partial charge is 0.273 e. The van der Waals surface area contributed by atoms with E-state index in [0.29, 0.717) is 24.9 Å². The lowest BCUT2D eigenvalue weighted by Crippen LogP contribution is -2.39. The zero-order valence-electron chi connectivity index (χ0n) is 11.8. The van der Waals surface area contributed by atoms with Gasteiger partial charge in [0.25, 0.3) is 10.0 Å². The van der Waals surface area contributed by atoms with Gasteiger partial charge in [0.1, 0.15) is 5.76 Å². The van der Waals surface area contributed by atoms with Crippen LogP contribution in [0.15, 0.2) is 21.6 Å². The van der Waals surface area contributed by atoms with E-state index in [-0.39, 0.29) is 10.5 Å². The van der Waals surface area contributed by atoms with E-state index in [1.807, 2.05) is 0 Å². The fraction of sp³-hybridized carbons (Fsp3) is 0.714. The molecule has 112 valence electrons. The van der Waals surface area contributed by atoms with Crippen LogP contribution >= 0.6 is 0 Å². The fourth-order valence-electron chi connectivity index (χ4n) is 2.43. The van der Waals surface area contributed by atoms with Crippen molar-refractivity contribution < 1.29 is 12.8 Å². The molecule has 0 radical (unpaired) electrons. The summed E-state index contributed by atoms with van der Waals surface area (Å²) >= 11 is 0. The zero-order valence-corrected chi connectivity index (χ0v) is 12.6. The second kappa shape index (κ2) is 5.16. The molecule has 20 heavy (non-hydrogen) atoms. The van der Waals surface area contributed by atoms with Crippen molar-refractivity contribution >= 4 is 10.0 Å². The number of hydrogen-bond donors (Lipinski definition) is 2. The molecule has 0 saturated heterocycles. The third kappa shape index (κ3) is 3.24. The number of hydrogen-bond acceptors (Lipinski definition) is 4. The molecule has 5 nitrogen and oxygen atoms in total. The van der Waals surface area contributed by atoms with Crippen LogP contribution in [0.3, 0.4) is 0 Å². The first-order valence-electron chi connectivity index (χ1n) is 7.29. The van der Waals surface area contributed by atoms with Crippen LogP contribution < -0.4 is 10.0 Å². The van der Waals surface area contributed by atoms with Crippen molar-refractivity contribution in [1.29, 1.82) is 0 Å². The minimum absolute atomic E-state index is 0.0213. The van der Waals surface area contributed by atoms with Gasteiger partial charge >= 0.3 is 0 Å². The van der Waals surface area contributed by atoms with Crippen LogP contribution in [0.25, 0.3) is 0 Å². The Morgan fingerprint density at radius 2 is 2.10 bits per heavy atom. The molecule has 2 fully saturated rings. The van der Waals surface area contributed by atoms with E-state index in [9.17, 15) is 8.42 Å². The highest BCUT2D eigenvalue weighted by molar-refractivity contribution is 7.89. The third-order valence-corrected chi connectivity index (χ3v) is 5.57. The highest BCUT2D eigenvalue weighted by atomic mass is 32.2. The Labute approximate surface area is 120 Å². The predicted molar refractivity (Wildman–Crippen MR) is 75.7 cm³/mol. The van der Waals surface area contributed by atoms with Crippen LogP contribution in [0.2, 0.25) is 0 Å². The molecule has 0 bridgehead atoms. The van der Waals surface area contributed by atoms with Crippen molar-refractivity contribution in [2.75, 3.05) is 6.54 Å². The molecule has 1 heterocycles. The summed E-state index contributed by atoms with van der Waals surface area (Å²) in [6.45, 7) is 3.20. The summed E-state index contributed by atoms with van der Waals surface area (Å²) in [5.74, 6) is 0.673. The number of furan rings is 1. The summed E-state index contributed by atoms with van der Waals surface area (Å²) in [4.78, 5) is 0. The van der Waals surface area contributed by atoms with E-state index in [2.05, 4.69) is 17.0 Å². The monoisotopic (exact) mass is 298 g/mol. The Morgan fingerprint density at radius 1 is 1.35 bits per heavy atom. The summed E-state index contributed by atoms with van der Waals surface area (Å²) in [5.41, 5.74) is 0.121. The molecule has 0 unspecified atom stereocenters. The SMILES string of the molecule is CC1(CNS(=O)(=O)c2ccc(CNC3CC3)o2)CCC1.